The number of hydrogen-bond donors (Lipinski definition) is 0. The van der Waals surface area contributed by atoms with Gasteiger partial charge in [-0.1, -0.05) is 91.0 Å². The molecule has 0 saturated heterocycles. The van der Waals surface area contributed by atoms with Gasteiger partial charge in [0, 0.05) is 43.7 Å². The molecule has 4 heterocycles. The lowest BCUT2D eigenvalue weighted by molar-refractivity contribution is 0.667. The van der Waals surface area contributed by atoms with E-state index in [1.807, 2.05) is 48.5 Å². The van der Waals surface area contributed by atoms with Crippen LogP contribution in [0, 0.1) is 0 Å². The van der Waals surface area contributed by atoms with Crippen LogP contribution in [0.3, 0.4) is 0 Å². The van der Waals surface area contributed by atoms with E-state index in [2.05, 4.69) is 95.6 Å². The summed E-state index contributed by atoms with van der Waals surface area (Å²) in [4.78, 5) is 10.3. The monoisotopic (exact) mass is 577 g/mol. The number of aromatic nitrogens is 3. The van der Waals surface area contributed by atoms with Gasteiger partial charge in [0.2, 0.25) is 0 Å². The van der Waals surface area contributed by atoms with Gasteiger partial charge in [0.1, 0.15) is 28.0 Å². The van der Waals surface area contributed by atoms with E-state index in [0.29, 0.717) is 11.4 Å². The zero-order chi connectivity index (χ0) is 29.5. The molecule has 0 bridgehead atoms. The molecule has 0 N–H and O–H groups in total. The van der Waals surface area contributed by atoms with Gasteiger partial charge in [0.05, 0.1) is 11.0 Å². The minimum absolute atomic E-state index is 0.620. The topological polar surface area (TPSA) is 57.0 Å². The lowest BCUT2D eigenvalue weighted by Crippen LogP contribution is -1.94. The van der Waals surface area contributed by atoms with Crippen LogP contribution in [-0.4, -0.2) is 14.5 Å². The van der Waals surface area contributed by atoms with Gasteiger partial charge in [-0.2, -0.15) is 0 Å². The van der Waals surface area contributed by atoms with Crippen LogP contribution in [-0.2, 0) is 0 Å². The Hall–Kier alpha value is -6.20. The second-order valence-corrected chi connectivity index (χ2v) is 11.4. The van der Waals surface area contributed by atoms with E-state index >= 15 is 0 Å². The molecule has 10 aromatic rings. The molecule has 210 valence electrons. The molecule has 0 spiro atoms. The number of benzene rings is 6. The number of nitrogens with zero attached hydrogens (tertiary/aromatic N) is 3. The van der Waals surface area contributed by atoms with Crippen LogP contribution in [0.1, 0.15) is 0 Å². The van der Waals surface area contributed by atoms with Crippen molar-refractivity contribution in [2.45, 2.75) is 0 Å². The Balaban J connectivity index is 1.29. The van der Waals surface area contributed by atoms with E-state index < -0.39 is 0 Å². The molecule has 5 nitrogen and oxygen atoms in total. The molecule has 0 amide bonds. The SMILES string of the molecule is c1ccc(-c2nc(-c3ccc4c(c3)oc3ccccc34)nc3c2oc2cc4c5ccccc5n(-c5ccccc5)c4cc23)cc1. The summed E-state index contributed by atoms with van der Waals surface area (Å²) < 4.78 is 15.2. The largest absolute Gasteiger partial charge is 0.456 e. The standard InChI is InChI=1S/C40H23N3O2/c1-3-11-24(12-4-1)37-39-38(42-40(41-37)25-19-20-29-28-16-8-10-18-34(28)44-35(29)21-25)31-22-33-30(23-36(31)45-39)27-15-7-9-17-32(27)43(33)26-13-5-2-6-14-26/h1-23H. The van der Waals surface area contributed by atoms with Gasteiger partial charge in [0.15, 0.2) is 11.4 Å². The van der Waals surface area contributed by atoms with Gasteiger partial charge in [-0.25, -0.2) is 9.97 Å². The predicted molar refractivity (Wildman–Crippen MR) is 182 cm³/mol. The smallest absolute Gasteiger partial charge is 0.180 e. The quantitative estimate of drug-likeness (QED) is 0.210. The number of furan rings is 2. The van der Waals surface area contributed by atoms with Crippen LogP contribution >= 0.6 is 0 Å². The first kappa shape index (κ1) is 24.3. The number of hydrogen-bond acceptors (Lipinski definition) is 4. The van der Waals surface area contributed by atoms with Crippen LogP contribution < -0.4 is 0 Å². The van der Waals surface area contributed by atoms with Gasteiger partial charge in [-0.3, -0.25) is 0 Å². The summed E-state index contributed by atoms with van der Waals surface area (Å²) >= 11 is 0. The summed E-state index contributed by atoms with van der Waals surface area (Å²) in [6, 6.07) is 47.9. The van der Waals surface area contributed by atoms with Crippen molar-refractivity contribution in [2.24, 2.45) is 0 Å². The van der Waals surface area contributed by atoms with Crippen LogP contribution in [0.25, 0.3) is 94.1 Å². The van der Waals surface area contributed by atoms with E-state index in [0.717, 1.165) is 77.4 Å². The second kappa shape index (κ2) is 9.15. The van der Waals surface area contributed by atoms with Crippen molar-refractivity contribution in [2.75, 3.05) is 0 Å². The molecule has 0 fully saturated rings. The van der Waals surface area contributed by atoms with Crippen molar-refractivity contribution in [1.29, 1.82) is 0 Å². The second-order valence-electron chi connectivity index (χ2n) is 11.4. The maximum absolute atomic E-state index is 6.66. The zero-order valence-corrected chi connectivity index (χ0v) is 23.9. The molecule has 0 aliphatic rings. The highest BCUT2D eigenvalue weighted by molar-refractivity contribution is 6.17. The molecular weight excluding hydrogens is 554 g/mol. The molecule has 4 aromatic heterocycles. The first-order chi connectivity index (χ1) is 22.3. The molecule has 45 heavy (non-hydrogen) atoms. The van der Waals surface area contributed by atoms with Crippen LogP contribution in [0.15, 0.2) is 148 Å². The Labute approximate surface area is 256 Å². The summed E-state index contributed by atoms with van der Waals surface area (Å²) in [5.41, 5.74) is 9.89. The maximum atomic E-state index is 6.66. The van der Waals surface area contributed by atoms with Crippen LogP contribution in [0.5, 0.6) is 0 Å². The Kier molecular flexibility index (Phi) is 4.93. The number of fused-ring (bicyclic) bond motifs is 9. The molecule has 10 rings (SSSR count). The molecule has 6 aromatic carbocycles. The van der Waals surface area contributed by atoms with E-state index in [1.54, 1.807) is 0 Å². The Bertz CT molecular complexity index is 2750. The van der Waals surface area contributed by atoms with E-state index in [1.165, 1.54) is 5.39 Å². The van der Waals surface area contributed by atoms with E-state index in [9.17, 15) is 0 Å². The Morgan fingerprint density at radius 2 is 1.16 bits per heavy atom. The molecule has 0 saturated carbocycles. The molecule has 0 atom stereocenters. The zero-order valence-electron chi connectivity index (χ0n) is 23.9. The summed E-state index contributed by atoms with van der Waals surface area (Å²) in [5, 5.41) is 5.42. The van der Waals surface area contributed by atoms with Crippen molar-refractivity contribution >= 4 is 65.8 Å². The van der Waals surface area contributed by atoms with Gasteiger partial charge in [-0.15, -0.1) is 0 Å². The summed E-state index contributed by atoms with van der Waals surface area (Å²) in [6.07, 6.45) is 0. The highest BCUT2D eigenvalue weighted by Gasteiger charge is 2.21. The van der Waals surface area contributed by atoms with Gasteiger partial charge in [0.25, 0.3) is 0 Å². The average Bonchev–Trinajstić information content (AvgIpc) is 3.76. The first-order valence-electron chi connectivity index (χ1n) is 15.0. The van der Waals surface area contributed by atoms with Crippen LogP contribution in [0.4, 0.5) is 0 Å². The van der Waals surface area contributed by atoms with E-state index in [-0.39, 0.29) is 0 Å². The summed E-state index contributed by atoms with van der Waals surface area (Å²) in [5.74, 6) is 0.620. The lowest BCUT2D eigenvalue weighted by Gasteiger charge is -2.07. The van der Waals surface area contributed by atoms with Gasteiger partial charge >= 0.3 is 0 Å². The van der Waals surface area contributed by atoms with E-state index in [4.69, 9.17) is 18.8 Å². The summed E-state index contributed by atoms with van der Waals surface area (Å²) in [6.45, 7) is 0. The maximum Gasteiger partial charge on any atom is 0.180 e. The van der Waals surface area contributed by atoms with Crippen molar-refractivity contribution in [3.63, 3.8) is 0 Å². The third kappa shape index (κ3) is 3.55. The fraction of sp³-hybridized carbons (Fsp3) is 0. The minimum Gasteiger partial charge on any atom is -0.456 e. The van der Waals surface area contributed by atoms with Crippen molar-refractivity contribution in [1.82, 2.24) is 14.5 Å². The van der Waals surface area contributed by atoms with Crippen molar-refractivity contribution in [3.8, 4) is 28.3 Å². The van der Waals surface area contributed by atoms with Crippen LogP contribution in [0.2, 0.25) is 0 Å². The highest BCUT2D eigenvalue weighted by atomic mass is 16.3. The predicted octanol–water partition coefficient (Wildman–Crippen LogP) is 10.7. The average molecular weight is 578 g/mol. The fourth-order valence-corrected chi connectivity index (χ4v) is 6.75. The Morgan fingerprint density at radius 1 is 0.444 bits per heavy atom. The first-order valence-corrected chi connectivity index (χ1v) is 15.0. The third-order valence-electron chi connectivity index (χ3n) is 8.81. The molecule has 0 aliphatic carbocycles. The molecule has 0 unspecified atom stereocenters. The Morgan fingerprint density at radius 3 is 2.02 bits per heavy atom. The molecule has 5 heteroatoms. The normalized spacial score (nSPS) is 12.0. The summed E-state index contributed by atoms with van der Waals surface area (Å²) in [7, 11) is 0. The van der Waals surface area contributed by atoms with Crippen molar-refractivity contribution < 1.29 is 8.83 Å². The third-order valence-corrected chi connectivity index (χ3v) is 8.81. The molecular formula is C40H23N3O2. The van der Waals surface area contributed by atoms with Crippen molar-refractivity contribution in [3.05, 3.63) is 140 Å². The number of para-hydroxylation sites is 3. The minimum atomic E-state index is 0.620. The number of rotatable bonds is 3. The van der Waals surface area contributed by atoms with Gasteiger partial charge < -0.3 is 13.4 Å². The lowest BCUT2D eigenvalue weighted by atomic mass is 10.1. The highest BCUT2D eigenvalue weighted by Crippen LogP contribution is 2.41. The molecule has 0 aliphatic heterocycles. The molecule has 0 radical (unpaired) electrons. The van der Waals surface area contributed by atoms with Gasteiger partial charge in [-0.05, 0) is 48.5 Å². The fourth-order valence-electron chi connectivity index (χ4n) is 6.75.